The Morgan fingerprint density at radius 1 is 1.29 bits per heavy atom. The fourth-order valence-electron chi connectivity index (χ4n) is 2.84. The molecule has 0 aliphatic carbocycles. The van der Waals surface area contributed by atoms with Gasteiger partial charge in [0.2, 0.25) is 0 Å². The SMILES string of the molecule is Cc1cc2c(cc1C(=O)N(C)CCCc1nccn1C)OCCO2. The molecule has 6 heteroatoms. The summed E-state index contributed by atoms with van der Waals surface area (Å²) in [5.41, 5.74) is 1.57. The van der Waals surface area contributed by atoms with E-state index in [4.69, 9.17) is 9.47 Å². The Bertz CT molecular complexity index is 739. The standard InChI is InChI=1S/C18H23N3O3/c1-13-11-15-16(24-10-9-23-15)12-14(13)18(22)21(3)7-4-5-17-19-6-8-20(17)2/h6,8,11-12H,4-5,7,9-10H2,1-3H3. The Labute approximate surface area is 142 Å². The van der Waals surface area contributed by atoms with Gasteiger partial charge in [0.05, 0.1) is 0 Å². The molecule has 24 heavy (non-hydrogen) atoms. The molecule has 0 spiro atoms. The largest absolute Gasteiger partial charge is 0.486 e. The van der Waals surface area contributed by atoms with Gasteiger partial charge in [-0.05, 0) is 31.0 Å². The second-order valence-corrected chi connectivity index (χ2v) is 6.10. The van der Waals surface area contributed by atoms with E-state index in [0.717, 1.165) is 24.2 Å². The first-order valence-electron chi connectivity index (χ1n) is 8.18. The van der Waals surface area contributed by atoms with Crippen molar-refractivity contribution in [1.29, 1.82) is 0 Å². The van der Waals surface area contributed by atoms with Crippen molar-refractivity contribution in [3.63, 3.8) is 0 Å². The number of carbonyl (C=O) groups is 1. The van der Waals surface area contributed by atoms with Crippen LogP contribution in [0.1, 0.15) is 28.2 Å². The quantitative estimate of drug-likeness (QED) is 0.844. The van der Waals surface area contributed by atoms with Crippen LogP contribution in [-0.2, 0) is 13.5 Å². The number of aryl methyl sites for hydroxylation is 3. The molecular weight excluding hydrogens is 306 g/mol. The van der Waals surface area contributed by atoms with E-state index in [1.165, 1.54) is 0 Å². The molecule has 0 bridgehead atoms. The first-order valence-corrected chi connectivity index (χ1v) is 8.18. The monoisotopic (exact) mass is 329 g/mol. The Morgan fingerprint density at radius 3 is 2.67 bits per heavy atom. The van der Waals surface area contributed by atoms with Gasteiger partial charge >= 0.3 is 0 Å². The number of ether oxygens (including phenoxy) is 2. The summed E-state index contributed by atoms with van der Waals surface area (Å²) in [5, 5.41) is 0. The van der Waals surface area contributed by atoms with E-state index in [-0.39, 0.29) is 5.91 Å². The average molecular weight is 329 g/mol. The number of aromatic nitrogens is 2. The molecule has 0 unspecified atom stereocenters. The van der Waals surface area contributed by atoms with E-state index in [1.54, 1.807) is 17.2 Å². The van der Waals surface area contributed by atoms with Crippen molar-refractivity contribution in [1.82, 2.24) is 14.5 Å². The highest BCUT2D eigenvalue weighted by Crippen LogP contribution is 2.33. The lowest BCUT2D eigenvalue weighted by Gasteiger charge is -2.22. The first-order chi connectivity index (χ1) is 11.6. The molecule has 1 aliphatic rings. The molecule has 1 amide bonds. The number of benzene rings is 1. The molecule has 0 fully saturated rings. The van der Waals surface area contributed by atoms with Crippen LogP contribution in [-0.4, -0.2) is 47.2 Å². The highest BCUT2D eigenvalue weighted by Gasteiger charge is 2.20. The molecule has 128 valence electrons. The summed E-state index contributed by atoms with van der Waals surface area (Å²) in [7, 11) is 3.81. The number of nitrogens with zero attached hydrogens (tertiary/aromatic N) is 3. The van der Waals surface area contributed by atoms with Gasteiger partial charge in [-0.3, -0.25) is 4.79 Å². The molecule has 6 nitrogen and oxygen atoms in total. The molecule has 2 aromatic rings. The number of rotatable bonds is 5. The van der Waals surface area contributed by atoms with Gasteiger partial charge in [0.15, 0.2) is 11.5 Å². The van der Waals surface area contributed by atoms with Gasteiger partial charge in [-0.15, -0.1) is 0 Å². The minimum Gasteiger partial charge on any atom is -0.486 e. The molecule has 0 saturated heterocycles. The van der Waals surface area contributed by atoms with E-state index < -0.39 is 0 Å². The topological polar surface area (TPSA) is 56.6 Å². The third kappa shape index (κ3) is 3.37. The van der Waals surface area contributed by atoms with Crippen molar-refractivity contribution in [2.75, 3.05) is 26.8 Å². The van der Waals surface area contributed by atoms with Crippen LogP contribution in [0.5, 0.6) is 11.5 Å². The van der Waals surface area contributed by atoms with E-state index in [0.29, 0.717) is 36.8 Å². The fraction of sp³-hybridized carbons (Fsp3) is 0.444. The first kappa shape index (κ1) is 16.4. The molecule has 0 atom stereocenters. The minimum absolute atomic E-state index is 0.00399. The number of carbonyl (C=O) groups excluding carboxylic acids is 1. The van der Waals surface area contributed by atoms with Gasteiger partial charge in [-0.25, -0.2) is 4.98 Å². The van der Waals surface area contributed by atoms with Crippen molar-refractivity contribution in [3.05, 3.63) is 41.5 Å². The van der Waals surface area contributed by atoms with Crippen molar-refractivity contribution < 1.29 is 14.3 Å². The third-order valence-corrected chi connectivity index (χ3v) is 4.28. The zero-order valence-corrected chi connectivity index (χ0v) is 14.4. The molecule has 0 saturated carbocycles. The van der Waals surface area contributed by atoms with Crippen LogP contribution < -0.4 is 9.47 Å². The summed E-state index contributed by atoms with van der Waals surface area (Å²) in [5.74, 6) is 2.40. The molecular formula is C18H23N3O3. The zero-order valence-electron chi connectivity index (χ0n) is 14.4. The van der Waals surface area contributed by atoms with Gasteiger partial charge in [-0.2, -0.15) is 0 Å². The maximum absolute atomic E-state index is 12.7. The highest BCUT2D eigenvalue weighted by molar-refractivity contribution is 5.96. The third-order valence-electron chi connectivity index (χ3n) is 4.28. The van der Waals surface area contributed by atoms with E-state index >= 15 is 0 Å². The number of hydrogen-bond acceptors (Lipinski definition) is 4. The van der Waals surface area contributed by atoms with Crippen molar-refractivity contribution in [2.24, 2.45) is 7.05 Å². The van der Waals surface area contributed by atoms with Crippen LogP contribution in [0.25, 0.3) is 0 Å². The van der Waals surface area contributed by atoms with Crippen LogP contribution in [0, 0.1) is 6.92 Å². The lowest BCUT2D eigenvalue weighted by atomic mass is 10.1. The zero-order chi connectivity index (χ0) is 17.1. The van der Waals surface area contributed by atoms with Gasteiger partial charge in [0.1, 0.15) is 19.0 Å². The predicted octanol–water partition coefficient (Wildman–Crippen LogP) is 2.20. The van der Waals surface area contributed by atoms with Gasteiger partial charge < -0.3 is 18.9 Å². The second-order valence-electron chi connectivity index (χ2n) is 6.10. The van der Waals surface area contributed by atoms with Crippen LogP contribution in [0.3, 0.4) is 0 Å². The van der Waals surface area contributed by atoms with Crippen molar-refractivity contribution >= 4 is 5.91 Å². The summed E-state index contributed by atoms with van der Waals surface area (Å²) in [6.07, 6.45) is 5.45. The molecule has 0 radical (unpaired) electrons. The summed E-state index contributed by atoms with van der Waals surface area (Å²) in [6, 6.07) is 3.67. The van der Waals surface area contributed by atoms with Gasteiger partial charge in [0.25, 0.3) is 5.91 Å². The van der Waals surface area contributed by atoms with E-state index in [2.05, 4.69) is 4.98 Å². The molecule has 0 N–H and O–H groups in total. The average Bonchev–Trinajstić information content (AvgIpc) is 2.98. The van der Waals surface area contributed by atoms with Crippen molar-refractivity contribution in [3.8, 4) is 11.5 Å². The molecule has 3 rings (SSSR count). The van der Waals surface area contributed by atoms with Crippen LogP contribution in [0.4, 0.5) is 0 Å². The molecule has 1 aromatic carbocycles. The number of fused-ring (bicyclic) bond motifs is 1. The highest BCUT2D eigenvalue weighted by atomic mass is 16.6. The van der Waals surface area contributed by atoms with Gasteiger partial charge in [0, 0.05) is 45.0 Å². The lowest BCUT2D eigenvalue weighted by molar-refractivity contribution is 0.0791. The fourth-order valence-corrected chi connectivity index (χ4v) is 2.84. The van der Waals surface area contributed by atoms with Crippen LogP contribution in [0.15, 0.2) is 24.5 Å². The molecule has 2 heterocycles. The van der Waals surface area contributed by atoms with Crippen molar-refractivity contribution in [2.45, 2.75) is 19.8 Å². The smallest absolute Gasteiger partial charge is 0.254 e. The maximum atomic E-state index is 12.7. The normalized spacial score (nSPS) is 13.0. The maximum Gasteiger partial charge on any atom is 0.254 e. The summed E-state index contributed by atoms with van der Waals surface area (Å²) in [6.45, 7) is 3.67. The Morgan fingerprint density at radius 2 is 2.00 bits per heavy atom. The van der Waals surface area contributed by atoms with E-state index in [1.807, 2.05) is 37.8 Å². The number of imidazole rings is 1. The molecule has 1 aromatic heterocycles. The van der Waals surface area contributed by atoms with E-state index in [9.17, 15) is 4.79 Å². The summed E-state index contributed by atoms with van der Waals surface area (Å²) >= 11 is 0. The Balaban J connectivity index is 1.64. The number of hydrogen-bond donors (Lipinski definition) is 0. The second kappa shape index (κ2) is 6.95. The van der Waals surface area contributed by atoms with Crippen LogP contribution >= 0.6 is 0 Å². The lowest BCUT2D eigenvalue weighted by Crippen LogP contribution is -2.29. The van der Waals surface area contributed by atoms with Crippen LogP contribution in [0.2, 0.25) is 0 Å². The minimum atomic E-state index is 0.00399. The van der Waals surface area contributed by atoms with Gasteiger partial charge in [-0.1, -0.05) is 0 Å². The summed E-state index contributed by atoms with van der Waals surface area (Å²) < 4.78 is 13.2. The number of amides is 1. The molecule has 1 aliphatic heterocycles. The summed E-state index contributed by atoms with van der Waals surface area (Å²) in [4.78, 5) is 18.8. The Hall–Kier alpha value is -2.50. The predicted molar refractivity (Wildman–Crippen MR) is 90.7 cm³/mol. The Kier molecular flexibility index (Phi) is 4.74.